The summed E-state index contributed by atoms with van der Waals surface area (Å²) in [5, 5.41) is 2.97. The smallest absolute Gasteiger partial charge is 0.184 e. The third-order valence-electron chi connectivity index (χ3n) is 3.91. The Balaban J connectivity index is 0.000000368. The molecule has 3 nitrogen and oxygen atoms in total. The summed E-state index contributed by atoms with van der Waals surface area (Å²) in [6.45, 7) is 6.83. The third-order valence-corrected chi connectivity index (χ3v) is 6.68. The second-order valence-corrected chi connectivity index (χ2v) is 9.47. The van der Waals surface area contributed by atoms with Crippen molar-refractivity contribution < 1.29 is 13.0 Å². The van der Waals surface area contributed by atoms with E-state index in [0.717, 1.165) is 0 Å². The van der Waals surface area contributed by atoms with Crippen LogP contribution in [0.25, 0.3) is 20.2 Å². The molecule has 0 saturated carbocycles. The molecule has 0 radical (unpaired) electrons. The Kier molecular flexibility index (Phi) is 6.01. The van der Waals surface area contributed by atoms with E-state index in [1.165, 1.54) is 40.5 Å². The summed E-state index contributed by atoms with van der Waals surface area (Å²) in [5.74, 6) is 1.31. The van der Waals surface area contributed by atoms with Gasteiger partial charge in [-0.25, -0.2) is 8.42 Å². The minimum atomic E-state index is -3.92. The molecular weight excluding hydrogens is 340 g/mol. The van der Waals surface area contributed by atoms with E-state index >= 15 is 0 Å². The first-order valence-corrected chi connectivity index (χ1v) is 11.3. The van der Waals surface area contributed by atoms with E-state index in [1.807, 2.05) is 0 Å². The molecule has 0 aliphatic heterocycles. The Bertz CT molecular complexity index is 886. The Hall–Kier alpha value is -1.43. The number of rotatable bonds is 3. The van der Waals surface area contributed by atoms with Crippen LogP contribution in [0.1, 0.15) is 30.9 Å². The van der Waals surface area contributed by atoms with Gasteiger partial charge in [0, 0.05) is 28.2 Å². The number of fused-ring (bicyclic) bond motifs is 3. The van der Waals surface area contributed by atoms with Gasteiger partial charge in [0.1, 0.15) is 5.75 Å². The highest BCUT2D eigenvalue weighted by atomic mass is 32.2. The molecule has 3 aromatic rings. The summed E-state index contributed by atoms with van der Waals surface area (Å²) in [7, 11) is -3.62. The van der Waals surface area contributed by atoms with Crippen LogP contribution in [0, 0.1) is 13.8 Å². The van der Waals surface area contributed by atoms with Crippen LogP contribution in [0.5, 0.6) is 0 Å². The van der Waals surface area contributed by atoms with E-state index in [9.17, 15) is 0 Å². The van der Waals surface area contributed by atoms with Crippen LogP contribution in [0.15, 0.2) is 36.4 Å². The molecule has 130 valence electrons. The summed E-state index contributed by atoms with van der Waals surface area (Å²) in [4.78, 5) is 0. The molecule has 0 unspecified atom stereocenters. The maximum atomic E-state index is 9.08. The average Bonchev–Trinajstić information content (AvgIpc) is 2.80. The highest BCUT2D eigenvalue weighted by Crippen LogP contribution is 2.46. The second kappa shape index (κ2) is 7.64. The molecule has 1 heterocycles. The predicted octanol–water partition coefficient (Wildman–Crippen LogP) is 5.32. The van der Waals surface area contributed by atoms with Gasteiger partial charge in [0.15, 0.2) is 9.40 Å². The zero-order valence-corrected chi connectivity index (χ0v) is 16.3. The molecule has 0 saturated heterocycles. The SMILES string of the molecule is CCCC[s+]1c2c(C)cccc2c2cccc(C)c21.CS(=O)(=O)[O-]. The van der Waals surface area contributed by atoms with Crippen molar-refractivity contribution >= 4 is 40.8 Å². The zero-order valence-electron chi connectivity index (χ0n) is 14.6. The van der Waals surface area contributed by atoms with Crippen molar-refractivity contribution in [1.29, 1.82) is 0 Å². The normalized spacial score (nSPS) is 11.5. The van der Waals surface area contributed by atoms with E-state index in [4.69, 9.17) is 13.0 Å². The van der Waals surface area contributed by atoms with Crippen molar-refractivity contribution in [2.75, 3.05) is 6.26 Å². The Morgan fingerprint density at radius 2 is 1.38 bits per heavy atom. The van der Waals surface area contributed by atoms with Crippen molar-refractivity contribution in [3.8, 4) is 0 Å². The number of benzene rings is 2. The number of aryl methyl sites for hydroxylation is 3. The molecule has 0 bridgehead atoms. The van der Waals surface area contributed by atoms with Gasteiger partial charge in [-0.1, -0.05) is 37.6 Å². The minimum absolute atomic E-state index is 0.300. The van der Waals surface area contributed by atoms with E-state index in [1.54, 1.807) is 9.40 Å². The fraction of sp³-hybridized carbons (Fsp3) is 0.368. The van der Waals surface area contributed by atoms with Crippen LogP contribution in [0.2, 0.25) is 0 Å². The Morgan fingerprint density at radius 1 is 0.958 bits per heavy atom. The van der Waals surface area contributed by atoms with Crippen LogP contribution >= 0.6 is 10.5 Å². The van der Waals surface area contributed by atoms with Gasteiger partial charge in [0.25, 0.3) is 0 Å². The topological polar surface area (TPSA) is 57.2 Å². The van der Waals surface area contributed by atoms with Gasteiger partial charge in [-0.15, -0.1) is 0 Å². The van der Waals surface area contributed by atoms with E-state index in [2.05, 4.69) is 57.2 Å². The monoisotopic (exact) mass is 364 g/mol. The molecule has 1 aromatic heterocycles. The molecule has 0 spiro atoms. The lowest BCUT2D eigenvalue weighted by Crippen LogP contribution is -1.88. The summed E-state index contributed by atoms with van der Waals surface area (Å²) < 4.78 is 30.5. The second-order valence-electron chi connectivity index (χ2n) is 6.06. The molecule has 0 N–H and O–H groups in total. The molecule has 2 aromatic carbocycles. The predicted molar refractivity (Wildman–Crippen MR) is 104 cm³/mol. The fourth-order valence-electron chi connectivity index (χ4n) is 2.98. The molecule has 3 rings (SSSR count). The average molecular weight is 365 g/mol. The van der Waals surface area contributed by atoms with Crippen molar-refractivity contribution in [2.24, 2.45) is 0 Å². The highest BCUT2D eigenvalue weighted by Gasteiger charge is 2.23. The van der Waals surface area contributed by atoms with Gasteiger partial charge in [0.2, 0.25) is 0 Å². The molecular formula is C19H24O3S2. The van der Waals surface area contributed by atoms with Crippen LogP contribution in [-0.2, 0) is 15.9 Å². The fourth-order valence-corrected chi connectivity index (χ4v) is 5.97. The van der Waals surface area contributed by atoms with Gasteiger partial charge >= 0.3 is 0 Å². The van der Waals surface area contributed by atoms with Crippen LogP contribution in [0.4, 0.5) is 0 Å². The largest absolute Gasteiger partial charge is 0.748 e. The summed E-state index contributed by atoms with van der Waals surface area (Å²) in [5.41, 5.74) is 2.93. The van der Waals surface area contributed by atoms with Gasteiger partial charge in [0.05, 0.1) is 10.1 Å². The third kappa shape index (κ3) is 4.35. The highest BCUT2D eigenvalue weighted by molar-refractivity contribution is 7.84. The van der Waals surface area contributed by atoms with Crippen LogP contribution in [0.3, 0.4) is 0 Å². The zero-order chi connectivity index (χ0) is 17.9. The molecule has 0 atom stereocenters. The molecule has 0 amide bonds. The van der Waals surface area contributed by atoms with Crippen molar-refractivity contribution in [3.05, 3.63) is 47.5 Å². The van der Waals surface area contributed by atoms with Crippen molar-refractivity contribution in [3.63, 3.8) is 0 Å². The number of unbranched alkanes of at least 4 members (excludes halogenated alkanes) is 1. The summed E-state index contributed by atoms with van der Waals surface area (Å²) in [6, 6.07) is 13.6. The molecule has 5 heteroatoms. The summed E-state index contributed by atoms with van der Waals surface area (Å²) in [6.07, 6.45) is 3.21. The lowest BCUT2D eigenvalue weighted by Gasteiger charge is -1.96. The quantitative estimate of drug-likeness (QED) is 0.467. The lowest BCUT2D eigenvalue weighted by molar-refractivity contribution is 0.470. The van der Waals surface area contributed by atoms with Gasteiger partial charge in [-0.3, -0.25) is 0 Å². The summed E-state index contributed by atoms with van der Waals surface area (Å²) >= 11 is 0. The molecule has 0 aliphatic rings. The maximum absolute atomic E-state index is 9.08. The van der Waals surface area contributed by atoms with Crippen molar-refractivity contribution in [2.45, 2.75) is 39.4 Å². The van der Waals surface area contributed by atoms with Gasteiger partial charge < -0.3 is 4.55 Å². The first-order valence-electron chi connectivity index (χ1n) is 8.05. The number of hydrogen-bond donors (Lipinski definition) is 0. The Morgan fingerprint density at radius 3 is 1.75 bits per heavy atom. The first-order chi connectivity index (χ1) is 11.2. The molecule has 0 aliphatic carbocycles. The van der Waals surface area contributed by atoms with Crippen LogP contribution in [-0.4, -0.2) is 19.2 Å². The maximum Gasteiger partial charge on any atom is 0.184 e. The van der Waals surface area contributed by atoms with Gasteiger partial charge in [-0.2, -0.15) is 0 Å². The lowest BCUT2D eigenvalue weighted by atomic mass is 10.1. The standard InChI is InChI=1S/C18H21S.CH4O3S/c1-4-5-12-19-17-13(2)8-6-10-15(17)16-11-7-9-14(3)18(16)19;1-5(2,3)4/h6-11H,4-5,12H2,1-3H3;1H3,(H,2,3,4)/q+1;/p-1. The first kappa shape index (κ1) is 18.9. The Labute approximate surface area is 147 Å². The van der Waals surface area contributed by atoms with E-state index in [-0.39, 0.29) is 0 Å². The van der Waals surface area contributed by atoms with Crippen LogP contribution < -0.4 is 0 Å². The number of hydrogen-bond acceptors (Lipinski definition) is 3. The van der Waals surface area contributed by atoms with E-state index < -0.39 is 10.1 Å². The minimum Gasteiger partial charge on any atom is -0.748 e. The van der Waals surface area contributed by atoms with E-state index in [0.29, 0.717) is 16.7 Å². The molecule has 24 heavy (non-hydrogen) atoms. The van der Waals surface area contributed by atoms with Crippen molar-refractivity contribution in [1.82, 2.24) is 0 Å². The molecule has 0 fully saturated rings. The van der Waals surface area contributed by atoms with Gasteiger partial charge in [-0.05, 0) is 42.9 Å². The number of thiophene rings is 1.